The summed E-state index contributed by atoms with van der Waals surface area (Å²) in [6.45, 7) is 9.77. The molecular weight excluding hydrogens is 239 g/mol. The molecule has 0 bridgehead atoms. The fraction of sp³-hybridized carbons (Fsp3) is 0.500. The smallest absolute Gasteiger partial charge is 0.126 e. The van der Waals surface area contributed by atoms with E-state index in [9.17, 15) is 4.39 Å². The molecule has 19 heavy (non-hydrogen) atoms. The van der Waals surface area contributed by atoms with Crippen molar-refractivity contribution in [2.45, 2.75) is 25.8 Å². The Hall–Kier alpha value is -1.19. The van der Waals surface area contributed by atoms with Gasteiger partial charge in [0.2, 0.25) is 0 Å². The van der Waals surface area contributed by atoms with Crippen LogP contribution in [0.15, 0.2) is 30.9 Å². The molecule has 1 saturated heterocycles. The van der Waals surface area contributed by atoms with Crippen LogP contribution in [0.4, 0.5) is 4.39 Å². The van der Waals surface area contributed by atoms with Crippen molar-refractivity contribution in [3.8, 4) is 0 Å². The molecule has 0 aliphatic carbocycles. The van der Waals surface area contributed by atoms with Crippen LogP contribution in [0.5, 0.6) is 0 Å². The van der Waals surface area contributed by atoms with Gasteiger partial charge < -0.3 is 5.32 Å². The van der Waals surface area contributed by atoms with Crippen LogP contribution in [0, 0.1) is 12.7 Å². The van der Waals surface area contributed by atoms with Crippen molar-refractivity contribution >= 4 is 0 Å². The Morgan fingerprint density at radius 2 is 2.16 bits per heavy atom. The number of rotatable bonds is 5. The molecule has 104 valence electrons. The van der Waals surface area contributed by atoms with E-state index in [1.807, 2.05) is 19.1 Å². The van der Waals surface area contributed by atoms with Gasteiger partial charge >= 0.3 is 0 Å². The number of allylic oxidation sites excluding steroid dienone is 1. The lowest BCUT2D eigenvalue weighted by Crippen LogP contribution is -2.45. The van der Waals surface area contributed by atoms with Crippen molar-refractivity contribution in [2.75, 3.05) is 26.2 Å². The minimum atomic E-state index is -0.101. The summed E-state index contributed by atoms with van der Waals surface area (Å²) in [5.41, 5.74) is 1.92. The van der Waals surface area contributed by atoms with Gasteiger partial charge in [-0.2, -0.15) is 0 Å². The molecule has 1 aliphatic heterocycles. The summed E-state index contributed by atoms with van der Waals surface area (Å²) < 4.78 is 13.8. The average Bonchev–Trinajstić information content (AvgIpc) is 2.45. The summed E-state index contributed by atoms with van der Waals surface area (Å²) >= 11 is 0. The van der Waals surface area contributed by atoms with E-state index in [4.69, 9.17) is 0 Å². The predicted octanol–water partition coefficient (Wildman–Crippen LogP) is 3.05. The number of benzene rings is 1. The number of nitrogens with zero attached hydrogens (tertiary/aromatic N) is 1. The zero-order valence-electron chi connectivity index (χ0n) is 11.7. The second-order valence-electron chi connectivity index (χ2n) is 5.12. The lowest BCUT2D eigenvalue weighted by Gasteiger charge is -2.36. The first-order chi connectivity index (χ1) is 9.24. The number of piperazine rings is 1. The van der Waals surface area contributed by atoms with Gasteiger partial charge in [0.25, 0.3) is 0 Å². The molecule has 1 heterocycles. The van der Waals surface area contributed by atoms with E-state index in [0.29, 0.717) is 6.04 Å². The number of halogens is 1. The second-order valence-corrected chi connectivity index (χ2v) is 5.12. The van der Waals surface area contributed by atoms with Gasteiger partial charge in [-0.3, -0.25) is 4.90 Å². The predicted molar refractivity (Wildman–Crippen MR) is 77.8 cm³/mol. The number of nitrogens with one attached hydrogen (secondary N) is 1. The maximum atomic E-state index is 13.8. The van der Waals surface area contributed by atoms with Crippen LogP contribution in [0.1, 0.15) is 30.0 Å². The van der Waals surface area contributed by atoms with Crippen LogP contribution >= 0.6 is 0 Å². The van der Waals surface area contributed by atoms with Crippen molar-refractivity contribution in [3.63, 3.8) is 0 Å². The molecule has 0 unspecified atom stereocenters. The maximum absolute atomic E-state index is 13.8. The lowest BCUT2D eigenvalue weighted by atomic mass is 9.95. The van der Waals surface area contributed by atoms with Gasteiger partial charge in [0.05, 0.1) is 0 Å². The molecule has 3 heteroatoms. The summed E-state index contributed by atoms with van der Waals surface area (Å²) in [7, 11) is 0. The lowest BCUT2D eigenvalue weighted by molar-refractivity contribution is 0.165. The van der Waals surface area contributed by atoms with Gasteiger partial charge in [0, 0.05) is 32.2 Å². The summed E-state index contributed by atoms with van der Waals surface area (Å²) in [6, 6.07) is 5.73. The van der Waals surface area contributed by atoms with E-state index >= 15 is 0 Å². The van der Waals surface area contributed by atoms with E-state index in [0.717, 1.165) is 50.1 Å². The molecule has 0 spiro atoms. The third-order valence-electron chi connectivity index (χ3n) is 3.91. The highest BCUT2D eigenvalue weighted by Gasteiger charge is 2.23. The van der Waals surface area contributed by atoms with Crippen LogP contribution < -0.4 is 5.32 Å². The van der Waals surface area contributed by atoms with Gasteiger partial charge in [-0.1, -0.05) is 18.2 Å². The van der Waals surface area contributed by atoms with E-state index in [1.165, 1.54) is 0 Å². The van der Waals surface area contributed by atoms with Crippen LogP contribution in [0.2, 0.25) is 0 Å². The largest absolute Gasteiger partial charge is 0.314 e. The Bertz CT molecular complexity index is 425. The number of hydrogen-bond acceptors (Lipinski definition) is 2. The average molecular weight is 262 g/mol. The summed E-state index contributed by atoms with van der Waals surface area (Å²) in [5.74, 6) is -0.101. The normalized spacial score (nSPS) is 18.2. The van der Waals surface area contributed by atoms with Crippen LogP contribution in [0.3, 0.4) is 0 Å². The van der Waals surface area contributed by atoms with E-state index in [1.54, 1.807) is 6.07 Å². The molecule has 0 aromatic heterocycles. The van der Waals surface area contributed by atoms with Crippen molar-refractivity contribution in [1.29, 1.82) is 0 Å². The third kappa shape index (κ3) is 3.43. The summed E-state index contributed by atoms with van der Waals surface area (Å²) in [4.78, 5) is 2.46. The first kappa shape index (κ1) is 14.2. The van der Waals surface area contributed by atoms with Gasteiger partial charge in [-0.05, 0) is 37.0 Å². The fourth-order valence-corrected chi connectivity index (χ4v) is 2.79. The molecule has 2 rings (SSSR count). The third-order valence-corrected chi connectivity index (χ3v) is 3.91. The molecule has 1 aliphatic rings. The molecule has 0 amide bonds. The van der Waals surface area contributed by atoms with Crippen molar-refractivity contribution in [3.05, 3.63) is 47.8 Å². The van der Waals surface area contributed by atoms with E-state index in [2.05, 4.69) is 22.9 Å². The Labute approximate surface area is 115 Å². The molecule has 1 fully saturated rings. The molecule has 1 atom stereocenters. The SMILES string of the molecule is C=CCC[C@@H](c1cccc(F)c1C)N1CCNCC1. The minimum absolute atomic E-state index is 0.101. The van der Waals surface area contributed by atoms with E-state index in [-0.39, 0.29) is 5.82 Å². The highest BCUT2D eigenvalue weighted by molar-refractivity contribution is 5.30. The fourth-order valence-electron chi connectivity index (χ4n) is 2.79. The monoisotopic (exact) mass is 262 g/mol. The van der Waals surface area contributed by atoms with Crippen molar-refractivity contribution in [1.82, 2.24) is 10.2 Å². The second kappa shape index (κ2) is 6.83. The maximum Gasteiger partial charge on any atom is 0.126 e. The summed E-state index contributed by atoms with van der Waals surface area (Å²) in [5, 5.41) is 3.37. The van der Waals surface area contributed by atoms with Gasteiger partial charge in [0.1, 0.15) is 5.82 Å². The van der Waals surface area contributed by atoms with Crippen LogP contribution in [-0.4, -0.2) is 31.1 Å². The first-order valence-corrected chi connectivity index (χ1v) is 7.04. The Balaban J connectivity index is 2.24. The molecule has 2 nitrogen and oxygen atoms in total. The molecule has 1 aromatic carbocycles. The van der Waals surface area contributed by atoms with Crippen LogP contribution in [0.25, 0.3) is 0 Å². The van der Waals surface area contributed by atoms with Crippen LogP contribution in [-0.2, 0) is 0 Å². The highest BCUT2D eigenvalue weighted by atomic mass is 19.1. The standard InChI is InChI=1S/C16H23FN2/c1-3-4-8-16(19-11-9-18-10-12-19)14-6-5-7-15(17)13(14)2/h3,5-7,16,18H,1,4,8-12H2,2H3/t16-/m0/s1. The minimum Gasteiger partial charge on any atom is -0.314 e. The first-order valence-electron chi connectivity index (χ1n) is 7.04. The van der Waals surface area contributed by atoms with Gasteiger partial charge in [-0.25, -0.2) is 4.39 Å². The highest BCUT2D eigenvalue weighted by Crippen LogP contribution is 2.29. The Kier molecular flexibility index (Phi) is 5.11. The molecular formula is C16H23FN2. The molecule has 0 radical (unpaired) electrons. The Morgan fingerprint density at radius 3 is 2.84 bits per heavy atom. The molecule has 1 N–H and O–H groups in total. The number of hydrogen-bond donors (Lipinski definition) is 1. The van der Waals surface area contributed by atoms with Gasteiger partial charge in [0.15, 0.2) is 0 Å². The Morgan fingerprint density at radius 1 is 1.42 bits per heavy atom. The molecule has 0 saturated carbocycles. The van der Waals surface area contributed by atoms with Crippen molar-refractivity contribution < 1.29 is 4.39 Å². The van der Waals surface area contributed by atoms with Gasteiger partial charge in [-0.15, -0.1) is 6.58 Å². The zero-order valence-corrected chi connectivity index (χ0v) is 11.7. The van der Waals surface area contributed by atoms with E-state index < -0.39 is 0 Å². The zero-order chi connectivity index (χ0) is 13.7. The molecule has 1 aromatic rings. The van der Waals surface area contributed by atoms with Crippen molar-refractivity contribution in [2.24, 2.45) is 0 Å². The topological polar surface area (TPSA) is 15.3 Å². The quantitative estimate of drug-likeness (QED) is 0.821. The summed E-state index contributed by atoms with van der Waals surface area (Å²) in [6.07, 6.45) is 3.92.